The molecule has 0 aliphatic carbocycles. The molecule has 0 unspecified atom stereocenters. The van der Waals surface area contributed by atoms with Crippen molar-refractivity contribution in [3.05, 3.63) is 81.6 Å². The average Bonchev–Trinajstić information content (AvgIpc) is 3.42. The summed E-state index contributed by atoms with van der Waals surface area (Å²) in [6.07, 6.45) is 1.89. The van der Waals surface area contributed by atoms with E-state index in [1.54, 1.807) is 11.4 Å². The van der Waals surface area contributed by atoms with E-state index in [9.17, 15) is 9.59 Å². The molecule has 5 rings (SSSR count). The molecule has 2 aromatic carbocycles. The lowest BCUT2D eigenvalue weighted by Crippen LogP contribution is -2.40. The van der Waals surface area contributed by atoms with E-state index in [2.05, 4.69) is 0 Å². The van der Waals surface area contributed by atoms with E-state index in [0.717, 1.165) is 16.9 Å². The Bertz CT molecular complexity index is 1630. The molecule has 0 N–H and O–H groups in total. The van der Waals surface area contributed by atoms with Crippen LogP contribution in [0.15, 0.2) is 70.4 Å². The highest BCUT2D eigenvalue weighted by Gasteiger charge is 2.23. The van der Waals surface area contributed by atoms with E-state index in [4.69, 9.17) is 14.5 Å². The number of fused-ring (bicyclic) bond motifs is 3. The summed E-state index contributed by atoms with van der Waals surface area (Å²) in [6.45, 7) is 5.27. The van der Waals surface area contributed by atoms with Crippen LogP contribution in [0.25, 0.3) is 33.9 Å². The minimum Gasteiger partial charge on any atom is -0.492 e. The lowest BCUT2D eigenvalue weighted by Gasteiger charge is -2.14. The number of imidazole rings is 2. The maximum absolute atomic E-state index is 13.5. The van der Waals surface area contributed by atoms with Gasteiger partial charge in [0.1, 0.15) is 5.75 Å². The molecule has 9 heteroatoms. The van der Waals surface area contributed by atoms with Crippen molar-refractivity contribution in [3.63, 3.8) is 0 Å². The molecule has 0 radical (unpaired) electrons. The fourth-order valence-electron chi connectivity index (χ4n) is 4.36. The maximum Gasteiger partial charge on any atom is 0.332 e. The Morgan fingerprint density at radius 3 is 2.43 bits per heavy atom. The molecule has 0 atom stereocenters. The summed E-state index contributed by atoms with van der Waals surface area (Å²) >= 11 is 0. The molecule has 3 heterocycles. The van der Waals surface area contributed by atoms with Crippen LogP contribution in [-0.4, -0.2) is 42.9 Å². The van der Waals surface area contributed by atoms with Gasteiger partial charge in [-0.1, -0.05) is 42.5 Å². The maximum atomic E-state index is 13.5. The van der Waals surface area contributed by atoms with Crippen molar-refractivity contribution in [1.82, 2.24) is 23.1 Å². The lowest BCUT2D eigenvalue weighted by molar-refractivity contribution is 0.137. The predicted octanol–water partition coefficient (Wildman–Crippen LogP) is 3.24. The summed E-state index contributed by atoms with van der Waals surface area (Å²) in [6, 6.07) is 17.6. The zero-order valence-electron chi connectivity index (χ0n) is 20.0. The van der Waals surface area contributed by atoms with Crippen LogP contribution in [0.4, 0.5) is 0 Å². The van der Waals surface area contributed by atoms with Crippen LogP contribution >= 0.6 is 0 Å². The lowest BCUT2D eigenvalue weighted by atomic mass is 10.1. The third-order valence-electron chi connectivity index (χ3n) is 5.99. The summed E-state index contributed by atoms with van der Waals surface area (Å²) in [5.74, 6) is 1.21. The number of aromatic nitrogens is 5. The van der Waals surface area contributed by atoms with Crippen LogP contribution in [0.1, 0.15) is 13.8 Å². The molecular weight excluding hydrogens is 446 g/mol. The molecular formula is C26H27N5O4. The Balaban J connectivity index is 1.87. The van der Waals surface area contributed by atoms with Gasteiger partial charge in [0.05, 0.1) is 31.1 Å². The van der Waals surface area contributed by atoms with Gasteiger partial charge < -0.3 is 9.47 Å². The minimum atomic E-state index is -0.424. The Kier molecular flexibility index (Phi) is 6.00. The van der Waals surface area contributed by atoms with Crippen LogP contribution in [0.2, 0.25) is 0 Å². The van der Waals surface area contributed by atoms with Crippen molar-refractivity contribution < 1.29 is 9.47 Å². The molecule has 0 amide bonds. The van der Waals surface area contributed by atoms with Gasteiger partial charge in [0, 0.05) is 25.4 Å². The molecule has 0 aliphatic rings. The second-order valence-corrected chi connectivity index (χ2v) is 8.07. The van der Waals surface area contributed by atoms with E-state index in [1.807, 2.05) is 79.2 Å². The number of nitrogens with zero attached hydrogens (tertiary/aromatic N) is 5. The van der Waals surface area contributed by atoms with Crippen molar-refractivity contribution in [2.24, 2.45) is 7.05 Å². The van der Waals surface area contributed by atoms with E-state index in [1.165, 1.54) is 9.13 Å². The first-order valence-corrected chi connectivity index (χ1v) is 11.7. The van der Waals surface area contributed by atoms with Crippen LogP contribution in [0.5, 0.6) is 5.75 Å². The zero-order valence-corrected chi connectivity index (χ0v) is 20.0. The Hall–Kier alpha value is -4.11. The first-order valence-electron chi connectivity index (χ1n) is 11.7. The van der Waals surface area contributed by atoms with Gasteiger partial charge in [-0.25, -0.2) is 4.79 Å². The fraction of sp³-hybridized carbons (Fsp3) is 0.269. The van der Waals surface area contributed by atoms with E-state index < -0.39 is 11.2 Å². The molecule has 0 saturated heterocycles. The van der Waals surface area contributed by atoms with E-state index in [-0.39, 0.29) is 13.2 Å². The smallest absolute Gasteiger partial charge is 0.332 e. The number of para-hydroxylation sites is 2. The van der Waals surface area contributed by atoms with Gasteiger partial charge in [-0.2, -0.15) is 4.98 Å². The first kappa shape index (κ1) is 22.7. The predicted molar refractivity (Wildman–Crippen MR) is 135 cm³/mol. The van der Waals surface area contributed by atoms with Crippen molar-refractivity contribution >= 4 is 16.9 Å². The van der Waals surface area contributed by atoms with Gasteiger partial charge in [0.2, 0.25) is 5.78 Å². The molecule has 0 saturated carbocycles. The molecule has 35 heavy (non-hydrogen) atoms. The Morgan fingerprint density at radius 2 is 1.69 bits per heavy atom. The van der Waals surface area contributed by atoms with Crippen LogP contribution in [0.3, 0.4) is 0 Å². The van der Waals surface area contributed by atoms with Crippen molar-refractivity contribution in [3.8, 4) is 22.7 Å². The molecule has 3 aromatic heterocycles. The number of ether oxygens (including phenoxy) is 2. The Morgan fingerprint density at radius 1 is 0.943 bits per heavy atom. The van der Waals surface area contributed by atoms with Gasteiger partial charge in [0.25, 0.3) is 5.56 Å². The Labute approximate surface area is 201 Å². The van der Waals surface area contributed by atoms with Gasteiger partial charge in [-0.3, -0.25) is 22.9 Å². The van der Waals surface area contributed by atoms with Crippen molar-refractivity contribution in [1.29, 1.82) is 0 Å². The van der Waals surface area contributed by atoms with Crippen LogP contribution < -0.4 is 16.0 Å². The molecule has 0 bridgehead atoms. The fourth-order valence-corrected chi connectivity index (χ4v) is 4.36. The number of hydrogen-bond acceptors (Lipinski definition) is 5. The highest BCUT2D eigenvalue weighted by atomic mass is 16.5. The molecule has 0 fully saturated rings. The summed E-state index contributed by atoms with van der Waals surface area (Å²) < 4.78 is 17.7. The molecule has 9 nitrogen and oxygen atoms in total. The van der Waals surface area contributed by atoms with Gasteiger partial charge in [-0.15, -0.1) is 0 Å². The van der Waals surface area contributed by atoms with Gasteiger partial charge in [-0.05, 0) is 26.0 Å². The van der Waals surface area contributed by atoms with Crippen molar-refractivity contribution in [2.75, 3.05) is 19.8 Å². The topological polar surface area (TPSA) is 84.7 Å². The highest BCUT2D eigenvalue weighted by molar-refractivity contribution is 5.80. The first-order chi connectivity index (χ1) is 17.1. The van der Waals surface area contributed by atoms with Crippen LogP contribution in [0, 0.1) is 0 Å². The number of aryl methyl sites for hydroxylation is 1. The molecule has 0 spiro atoms. The monoisotopic (exact) mass is 473 g/mol. The zero-order chi connectivity index (χ0) is 24.5. The van der Waals surface area contributed by atoms with Crippen LogP contribution in [-0.2, 0) is 18.3 Å². The molecule has 5 aromatic rings. The molecule has 180 valence electrons. The van der Waals surface area contributed by atoms with E-state index >= 15 is 0 Å². The van der Waals surface area contributed by atoms with E-state index in [0.29, 0.717) is 35.9 Å². The largest absolute Gasteiger partial charge is 0.492 e. The summed E-state index contributed by atoms with van der Waals surface area (Å²) in [4.78, 5) is 31.3. The normalized spacial score (nSPS) is 11.5. The molecule has 0 aliphatic heterocycles. The second-order valence-electron chi connectivity index (χ2n) is 8.07. The summed E-state index contributed by atoms with van der Waals surface area (Å²) in [7, 11) is 1.63. The average molecular weight is 474 g/mol. The number of rotatable bonds is 8. The van der Waals surface area contributed by atoms with Gasteiger partial charge >= 0.3 is 5.69 Å². The minimum absolute atomic E-state index is 0.169. The third kappa shape index (κ3) is 3.74. The van der Waals surface area contributed by atoms with Crippen molar-refractivity contribution in [2.45, 2.75) is 20.4 Å². The number of benzene rings is 2. The quantitative estimate of drug-likeness (QED) is 0.323. The number of hydrogen-bond donors (Lipinski definition) is 0. The summed E-state index contributed by atoms with van der Waals surface area (Å²) in [5.41, 5.74) is 2.43. The SMILES string of the molecule is CCOCCn1c(=O)c2c(nc3n(-c4ccccc4OCC)c(-c4ccccc4)cn23)n(C)c1=O. The highest BCUT2D eigenvalue weighted by Crippen LogP contribution is 2.32. The standard InChI is InChI=1S/C26H27N5O4/c1-4-34-16-15-29-24(32)22-23(28(3)26(29)33)27-25-30(22)17-20(18-11-7-6-8-12-18)31(25)19-13-9-10-14-21(19)35-5-2/h6-14,17H,4-5,15-16H2,1-3H3. The third-order valence-corrected chi connectivity index (χ3v) is 5.99. The summed E-state index contributed by atoms with van der Waals surface area (Å²) in [5, 5.41) is 0. The van der Waals surface area contributed by atoms with Gasteiger partial charge in [0.15, 0.2) is 11.2 Å². The second kappa shape index (κ2) is 9.27.